The van der Waals surface area contributed by atoms with Gasteiger partial charge in [0.25, 0.3) is 0 Å². The normalized spacial score (nSPS) is 11.5. The van der Waals surface area contributed by atoms with Crippen LogP contribution in [0.1, 0.15) is 44.7 Å². The average molecular weight is 516 g/mol. The van der Waals surface area contributed by atoms with Crippen LogP contribution in [0.15, 0.2) is 118 Å². The quantitative estimate of drug-likeness (QED) is 0.168. The fraction of sp³-hybridized carbons (Fsp3) is 0.219. The van der Waals surface area contributed by atoms with Gasteiger partial charge in [-0.2, -0.15) is 0 Å². The largest absolute Gasteiger partial charge is 0.479 e. The molecule has 0 unspecified atom stereocenters. The van der Waals surface area contributed by atoms with Crippen molar-refractivity contribution in [3.63, 3.8) is 0 Å². The molecule has 0 saturated carbocycles. The number of hydrogen-bond donors (Lipinski definition) is 0. The van der Waals surface area contributed by atoms with Crippen LogP contribution >= 0.6 is 0 Å². The Morgan fingerprint density at radius 2 is 1.38 bits per heavy atom. The zero-order valence-corrected chi connectivity index (χ0v) is 22.4. The van der Waals surface area contributed by atoms with Crippen LogP contribution in [0.2, 0.25) is 0 Å². The lowest BCUT2D eigenvalue weighted by molar-refractivity contribution is -0.159. The zero-order valence-electron chi connectivity index (χ0n) is 21.6. The Hall–Kier alpha value is -3.57. The van der Waals surface area contributed by atoms with Crippen molar-refractivity contribution < 1.29 is 18.7 Å². The summed E-state index contributed by atoms with van der Waals surface area (Å²) in [5, 5.41) is 0. The molecule has 4 aromatic carbocycles. The number of ether oxygens (including phenoxy) is 2. The second kappa shape index (κ2) is 11.7. The Morgan fingerprint density at radius 3 is 1.92 bits per heavy atom. The Kier molecular flexibility index (Phi) is 8.34. The van der Waals surface area contributed by atoms with Gasteiger partial charge in [0.15, 0.2) is 32.9 Å². The number of halogens is 1. The van der Waals surface area contributed by atoms with Crippen molar-refractivity contribution >= 4 is 16.9 Å². The molecule has 0 saturated heterocycles. The molecule has 37 heavy (non-hydrogen) atoms. The lowest BCUT2D eigenvalue weighted by Crippen LogP contribution is -2.28. The summed E-state index contributed by atoms with van der Waals surface area (Å²) in [5.74, 6) is -0.640. The van der Waals surface area contributed by atoms with E-state index in [1.807, 2.05) is 74.5 Å². The first-order chi connectivity index (χ1) is 17.7. The molecule has 0 aliphatic heterocycles. The van der Waals surface area contributed by atoms with Crippen LogP contribution in [0.4, 0.5) is 4.39 Å². The highest BCUT2D eigenvalue weighted by molar-refractivity contribution is 7.97. The molecule has 0 spiro atoms. The minimum absolute atomic E-state index is 0.0258. The number of carbonyl (C=O) groups is 1. The van der Waals surface area contributed by atoms with E-state index in [9.17, 15) is 9.18 Å². The highest BCUT2D eigenvalue weighted by atomic mass is 32.2. The summed E-state index contributed by atoms with van der Waals surface area (Å²) in [4.78, 5) is 15.8. The summed E-state index contributed by atoms with van der Waals surface area (Å²) < 4.78 is 26.1. The van der Waals surface area contributed by atoms with E-state index in [2.05, 4.69) is 38.1 Å². The molecule has 4 aromatic rings. The summed E-state index contributed by atoms with van der Waals surface area (Å²) in [6.07, 6.45) is 0. The van der Waals surface area contributed by atoms with Crippen molar-refractivity contribution in [2.45, 2.75) is 53.9 Å². The standard InChI is InChI=1S/C32H32FO3S/c1-23(2)24-15-17-25(18-16-24)32(3,4)36-31(34)22-35-30-21-28(19-20-29(30)33)37(26-11-7-5-8-12-26)27-13-9-6-10-14-27/h5-21,23H,22H2,1-4H3/q+1. The molecule has 0 aliphatic rings. The van der Waals surface area contributed by atoms with Crippen LogP contribution < -0.4 is 4.74 Å². The maximum Gasteiger partial charge on any atom is 0.345 e. The van der Waals surface area contributed by atoms with Gasteiger partial charge in [-0.05, 0) is 67.3 Å². The van der Waals surface area contributed by atoms with E-state index in [0.29, 0.717) is 5.92 Å². The number of benzene rings is 4. The van der Waals surface area contributed by atoms with Gasteiger partial charge < -0.3 is 9.47 Å². The molecule has 190 valence electrons. The van der Waals surface area contributed by atoms with Gasteiger partial charge in [-0.15, -0.1) is 0 Å². The Morgan fingerprint density at radius 1 is 0.811 bits per heavy atom. The summed E-state index contributed by atoms with van der Waals surface area (Å²) in [7, 11) is -0.457. The molecule has 0 amide bonds. The molecular formula is C32H32FO3S+. The molecule has 0 aliphatic carbocycles. The van der Waals surface area contributed by atoms with Gasteiger partial charge >= 0.3 is 5.97 Å². The second-order valence-corrected chi connectivity index (χ2v) is 11.6. The number of carbonyl (C=O) groups excluding carboxylic acids is 1. The van der Waals surface area contributed by atoms with Gasteiger partial charge in [0.05, 0.1) is 10.9 Å². The van der Waals surface area contributed by atoms with Gasteiger partial charge in [-0.1, -0.05) is 74.5 Å². The summed E-state index contributed by atoms with van der Waals surface area (Å²) in [6, 6.07) is 33.1. The Labute approximate surface area is 221 Å². The van der Waals surface area contributed by atoms with Gasteiger partial charge in [-0.3, -0.25) is 0 Å². The van der Waals surface area contributed by atoms with E-state index in [1.54, 1.807) is 12.1 Å². The van der Waals surface area contributed by atoms with E-state index >= 15 is 0 Å². The molecule has 0 N–H and O–H groups in total. The molecule has 5 heteroatoms. The average Bonchev–Trinajstić information content (AvgIpc) is 2.90. The Balaban J connectivity index is 1.50. The fourth-order valence-electron chi connectivity index (χ4n) is 4.02. The van der Waals surface area contributed by atoms with Crippen molar-refractivity contribution in [3.05, 3.63) is 120 Å². The van der Waals surface area contributed by atoms with Crippen LogP contribution in [-0.4, -0.2) is 12.6 Å². The van der Waals surface area contributed by atoms with Crippen LogP contribution in [0.5, 0.6) is 5.75 Å². The number of hydrogen-bond acceptors (Lipinski definition) is 3. The lowest BCUT2D eigenvalue weighted by atomic mass is 9.94. The lowest BCUT2D eigenvalue weighted by Gasteiger charge is -2.26. The van der Waals surface area contributed by atoms with Crippen LogP contribution in [0.25, 0.3) is 0 Å². The first kappa shape index (κ1) is 26.5. The maximum absolute atomic E-state index is 14.7. The van der Waals surface area contributed by atoms with E-state index < -0.39 is 34.9 Å². The van der Waals surface area contributed by atoms with Crippen molar-refractivity contribution in [3.8, 4) is 5.75 Å². The van der Waals surface area contributed by atoms with Crippen molar-refractivity contribution in [1.82, 2.24) is 0 Å². The fourth-order valence-corrected chi connectivity index (χ4v) is 6.13. The molecule has 4 rings (SSSR count). The van der Waals surface area contributed by atoms with E-state index in [1.165, 1.54) is 11.6 Å². The third kappa shape index (κ3) is 6.60. The molecule has 0 radical (unpaired) electrons. The minimum Gasteiger partial charge on any atom is -0.479 e. The van der Waals surface area contributed by atoms with Crippen molar-refractivity contribution in [2.24, 2.45) is 0 Å². The number of rotatable bonds is 9. The molecule has 3 nitrogen and oxygen atoms in total. The molecule has 0 fully saturated rings. The number of esters is 1. The van der Waals surface area contributed by atoms with Crippen molar-refractivity contribution in [1.29, 1.82) is 0 Å². The third-order valence-corrected chi connectivity index (χ3v) is 8.30. The predicted molar refractivity (Wildman–Crippen MR) is 147 cm³/mol. The highest BCUT2D eigenvalue weighted by Gasteiger charge is 2.30. The smallest absolute Gasteiger partial charge is 0.345 e. The molecule has 0 atom stereocenters. The molecular weight excluding hydrogens is 483 g/mol. The van der Waals surface area contributed by atoms with Gasteiger partial charge in [0.2, 0.25) is 0 Å². The molecule has 0 bridgehead atoms. The molecule has 0 heterocycles. The summed E-state index contributed by atoms with van der Waals surface area (Å²) >= 11 is 0. The van der Waals surface area contributed by atoms with E-state index in [4.69, 9.17) is 9.47 Å². The topological polar surface area (TPSA) is 35.5 Å². The first-order valence-electron chi connectivity index (χ1n) is 12.3. The van der Waals surface area contributed by atoms with Crippen LogP contribution in [-0.2, 0) is 26.0 Å². The third-order valence-electron chi connectivity index (χ3n) is 6.08. The summed E-state index contributed by atoms with van der Waals surface area (Å²) in [6.45, 7) is 7.55. The molecule has 0 aromatic heterocycles. The monoisotopic (exact) mass is 515 g/mol. The van der Waals surface area contributed by atoms with Gasteiger partial charge in [0, 0.05) is 6.07 Å². The zero-order chi connectivity index (χ0) is 26.4. The predicted octanol–water partition coefficient (Wildman–Crippen LogP) is 7.90. The minimum atomic E-state index is -0.844. The van der Waals surface area contributed by atoms with Gasteiger partial charge in [-0.25, -0.2) is 9.18 Å². The highest BCUT2D eigenvalue weighted by Crippen LogP contribution is 2.34. The Bertz CT molecular complexity index is 1280. The van der Waals surface area contributed by atoms with Crippen LogP contribution in [0, 0.1) is 5.82 Å². The SMILES string of the molecule is CC(C)c1ccc(C(C)(C)OC(=O)COc2cc([S+](c3ccccc3)c3ccccc3)ccc2F)cc1. The van der Waals surface area contributed by atoms with E-state index in [0.717, 1.165) is 20.2 Å². The van der Waals surface area contributed by atoms with Crippen LogP contribution in [0.3, 0.4) is 0 Å². The van der Waals surface area contributed by atoms with Gasteiger partial charge in [0.1, 0.15) is 5.60 Å². The first-order valence-corrected chi connectivity index (χ1v) is 13.6. The maximum atomic E-state index is 14.7. The summed E-state index contributed by atoms with van der Waals surface area (Å²) in [5.41, 5.74) is 1.26. The van der Waals surface area contributed by atoms with E-state index in [-0.39, 0.29) is 5.75 Å². The second-order valence-electron chi connectivity index (χ2n) is 9.57. The van der Waals surface area contributed by atoms with Crippen molar-refractivity contribution in [2.75, 3.05) is 6.61 Å².